The Morgan fingerprint density at radius 2 is 2.20 bits per heavy atom. The van der Waals surface area contributed by atoms with Gasteiger partial charge < -0.3 is 4.74 Å². The maximum absolute atomic E-state index is 11.5. The van der Waals surface area contributed by atoms with Gasteiger partial charge in [-0.05, 0) is 31.0 Å². The summed E-state index contributed by atoms with van der Waals surface area (Å²) in [5.41, 5.74) is 1.60. The quantitative estimate of drug-likeness (QED) is 0.427. The van der Waals surface area contributed by atoms with Crippen molar-refractivity contribution >= 4 is 5.97 Å². The summed E-state index contributed by atoms with van der Waals surface area (Å²) in [5.74, 6) is 0.250. The van der Waals surface area contributed by atoms with Crippen molar-refractivity contribution < 1.29 is 9.53 Å². The highest BCUT2D eigenvalue weighted by Crippen LogP contribution is 2.14. The van der Waals surface area contributed by atoms with Crippen LogP contribution in [0, 0.1) is 6.92 Å². The first kappa shape index (κ1) is 11.5. The molecule has 0 aromatic heterocycles. The predicted octanol–water partition coefficient (Wildman–Crippen LogP) is 3.26. The number of ether oxygens (including phenoxy) is 1. The lowest BCUT2D eigenvalue weighted by Gasteiger charge is -2.06. The van der Waals surface area contributed by atoms with Gasteiger partial charge >= 0.3 is 5.97 Å². The molecule has 80 valence electrons. The molecule has 0 spiro atoms. The molecule has 15 heavy (non-hydrogen) atoms. The van der Waals surface area contributed by atoms with Crippen molar-refractivity contribution in [3.8, 4) is 5.75 Å². The molecule has 0 aliphatic carbocycles. The SMILES string of the molecule is C=C(CCC)C(=O)Oc1cccc(C)c1. The Morgan fingerprint density at radius 3 is 2.80 bits per heavy atom. The minimum atomic E-state index is -0.331. The van der Waals surface area contributed by atoms with Gasteiger partial charge in [0, 0.05) is 5.57 Å². The third-order valence-corrected chi connectivity index (χ3v) is 2.04. The minimum Gasteiger partial charge on any atom is -0.423 e. The van der Waals surface area contributed by atoms with Gasteiger partial charge in [-0.2, -0.15) is 0 Å². The molecule has 0 aliphatic rings. The molecule has 0 amide bonds. The highest BCUT2D eigenvalue weighted by atomic mass is 16.5. The fourth-order valence-electron chi connectivity index (χ4n) is 1.26. The van der Waals surface area contributed by atoms with Gasteiger partial charge in [-0.25, -0.2) is 4.79 Å². The summed E-state index contributed by atoms with van der Waals surface area (Å²) in [5, 5.41) is 0. The smallest absolute Gasteiger partial charge is 0.338 e. The Morgan fingerprint density at radius 1 is 1.47 bits per heavy atom. The number of carbonyl (C=O) groups excluding carboxylic acids is 1. The van der Waals surface area contributed by atoms with Gasteiger partial charge in [0.1, 0.15) is 5.75 Å². The lowest BCUT2D eigenvalue weighted by Crippen LogP contribution is -2.10. The van der Waals surface area contributed by atoms with E-state index in [9.17, 15) is 4.79 Å². The second-order valence-corrected chi connectivity index (χ2v) is 3.56. The van der Waals surface area contributed by atoms with Crippen molar-refractivity contribution in [2.24, 2.45) is 0 Å². The molecule has 0 bridgehead atoms. The largest absolute Gasteiger partial charge is 0.423 e. The highest BCUT2D eigenvalue weighted by Gasteiger charge is 2.08. The summed E-state index contributed by atoms with van der Waals surface area (Å²) in [7, 11) is 0. The molecule has 0 fully saturated rings. The highest BCUT2D eigenvalue weighted by molar-refractivity contribution is 5.89. The third kappa shape index (κ3) is 3.58. The molecule has 0 N–H and O–H groups in total. The maximum Gasteiger partial charge on any atom is 0.338 e. The van der Waals surface area contributed by atoms with E-state index in [-0.39, 0.29) is 5.97 Å². The summed E-state index contributed by atoms with van der Waals surface area (Å²) in [6.45, 7) is 7.65. The van der Waals surface area contributed by atoms with Crippen molar-refractivity contribution in [3.05, 3.63) is 42.0 Å². The van der Waals surface area contributed by atoms with Gasteiger partial charge in [0.15, 0.2) is 0 Å². The zero-order valence-electron chi connectivity index (χ0n) is 9.25. The van der Waals surface area contributed by atoms with E-state index in [0.29, 0.717) is 17.7 Å². The van der Waals surface area contributed by atoms with E-state index in [1.807, 2.05) is 32.0 Å². The molecule has 2 nitrogen and oxygen atoms in total. The second-order valence-electron chi connectivity index (χ2n) is 3.56. The van der Waals surface area contributed by atoms with Crippen molar-refractivity contribution in [1.82, 2.24) is 0 Å². The molecule has 0 saturated carbocycles. The fraction of sp³-hybridized carbons (Fsp3) is 0.308. The van der Waals surface area contributed by atoms with Crippen LogP contribution in [0.5, 0.6) is 5.75 Å². The third-order valence-electron chi connectivity index (χ3n) is 2.04. The second kappa shape index (κ2) is 5.35. The van der Waals surface area contributed by atoms with Crippen LogP contribution in [0.15, 0.2) is 36.4 Å². The lowest BCUT2D eigenvalue weighted by atomic mass is 10.2. The Labute approximate surface area is 90.6 Å². The van der Waals surface area contributed by atoms with Gasteiger partial charge in [-0.3, -0.25) is 0 Å². The molecule has 1 rings (SSSR count). The monoisotopic (exact) mass is 204 g/mol. The predicted molar refractivity (Wildman–Crippen MR) is 60.9 cm³/mol. The molecule has 0 radical (unpaired) electrons. The van der Waals surface area contributed by atoms with E-state index >= 15 is 0 Å². The molecule has 0 atom stereocenters. The van der Waals surface area contributed by atoms with Crippen LogP contribution in [0.25, 0.3) is 0 Å². The molecular formula is C13H16O2. The first-order chi connectivity index (χ1) is 7.13. The Balaban J connectivity index is 2.62. The Hall–Kier alpha value is -1.57. The summed E-state index contributed by atoms with van der Waals surface area (Å²) in [4.78, 5) is 11.5. The zero-order chi connectivity index (χ0) is 11.3. The number of aryl methyl sites for hydroxylation is 1. The van der Waals surface area contributed by atoms with Crippen molar-refractivity contribution in [2.75, 3.05) is 0 Å². The molecule has 0 heterocycles. The van der Waals surface area contributed by atoms with Crippen LogP contribution in [0.2, 0.25) is 0 Å². The number of hydrogen-bond acceptors (Lipinski definition) is 2. The van der Waals surface area contributed by atoms with Crippen molar-refractivity contribution in [2.45, 2.75) is 26.7 Å². The molecule has 0 unspecified atom stereocenters. The van der Waals surface area contributed by atoms with Crippen LogP contribution in [0.1, 0.15) is 25.3 Å². The standard InChI is InChI=1S/C13H16O2/c1-4-6-11(3)13(14)15-12-8-5-7-10(2)9-12/h5,7-9H,3-4,6H2,1-2H3. The number of hydrogen-bond donors (Lipinski definition) is 0. The van der Waals surface area contributed by atoms with Crippen LogP contribution in [0.3, 0.4) is 0 Å². The summed E-state index contributed by atoms with van der Waals surface area (Å²) in [6, 6.07) is 7.42. The Kier molecular flexibility index (Phi) is 4.10. The van der Waals surface area contributed by atoms with Gasteiger partial charge in [-0.1, -0.05) is 32.1 Å². The van der Waals surface area contributed by atoms with Crippen LogP contribution in [0.4, 0.5) is 0 Å². The molecule has 0 aliphatic heterocycles. The minimum absolute atomic E-state index is 0.331. The van der Waals surface area contributed by atoms with Gasteiger partial charge in [0.25, 0.3) is 0 Å². The zero-order valence-corrected chi connectivity index (χ0v) is 9.25. The van der Waals surface area contributed by atoms with E-state index in [2.05, 4.69) is 6.58 Å². The number of carbonyl (C=O) groups is 1. The van der Waals surface area contributed by atoms with E-state index in [0.717, 1.165) is 12.0 Å². The van der Waals surface area contributed by atoms with Crippen molar-refractivity contribution in [3.63, 3.8) is 0 Å². The number of rotatable bonds is 4. The van der Waals surface area contributed by atoms with Gasteiger partial charge in [0.05, 0.1) is 0 Å². The topological polar surface area (TPSA) is 26.3 Å². The molecule has 2 heteroatoms. The average Bonchev–Trinajstić information content (AvgIpc) is 2.18. The van der Waals surface area contributed by atoms with E-state index in [1.165, 1.54) is 0 Å². The van der Waals surface area contributed by atoms with E-state index in [4.69, 9.17) is 4.74 Å². The first-order valence-corrected chi connectivity index (χ1v) is 5.10. The lowest BCUT2D eigenvalue weighted by molar-refractivity contribution is -0.130. The molecular weight excluding hydrogens is 188 g/mol. The van der Waals surface area contributed by atoms with Crippen LogP contribution < -0.4 is 4.74 Å². The average molecular weight is 204 g/mol. The first-order valence-electron chi connectivity index (χ1n) is 5.10. The van der Waals surface area contributed by atoms with Crippen LogP contribution in [-0.4, -0.2) is 5.97 Å². The van der Waals surface area contributed by atoms with Crippen LogP contribution in [-0.2, 0) is 4.79 Å². The fourth-order valence-corrected chi connectivity index (χ4v) is 1.26. The van der Waals surface area contributed by atoms with E-state index in [1.54, 1.807) is 6.07 Å². The molecule has 0 saturated heterocycles. The van der Waals surface area contributed by atoms with Gasteiger partial charge in [0.2, 0.25) is 0 Å². The summed E-state index contributed by atoms with van der Waals surface area (Å²) in [6.07, 6.45) is 1.59. The Bertz CT molecular complexity index is 367. The number of esters is 1. The summed E-state index contributed by atoms with van der Waals surface area (Å²) < 4.78 is 5.17. The number of benzene rings is 1. The van der Waals surface area contributed by atoms with Gasteiger partial charge in [-0.15, -0.1) is 0 Å². The molecule has 1 aromatic rings. The van der Waals surface area contributed by atoms with Crippen LogP contribution >= 0.6 is 0 Å². The van der Waals surface area contributed by atoms with Crippen molar-refractivity contribution in [1.29, 1.82) is 0 Å². The maximum atomic E-state index is 11.5. The normalized spacial score (nSPS) is 9.73. The van der Waals surface area contributed by atoms with E-state index < -0.39 is 0 Å². The summed E-state index contributed by atoms with van der Waals surface area (Å²) >= 11 is 0. The molecule has 1 aromatic carbocycles.